The molecule has 2 heterocycles. The predicted molar refractivity (Wildman–Crippen MR) is 180 cm³/mol. The van der Waals surface area contributed by atoms with E-state index in [0.717, 1.165) is 51.4 Å². The molecule has 0 aromatic carbocycles. The maximum Gasteiger partial charge on any atom is 0.334 e. The lowest BCUT2D eigenvalue weighted by Crippen LogP contribution is -2.48. The van der Waals surface area contributed by atoms with Gasteiger partial charge >= 0.3 is 23.9 Å². The number of allylic oxidation sites excluding steroid dienone is 2. The van der Waals surface area contributed by atoms with E-state index < -0.39 is 36.6 Å². The number of ether oxygens (including phenoxy) is 7. The number of esters is 3. The van der Waals surface area contributed by atoms with Crippen molar-refractivity contribution in [2.75, 3.05) is 13.2 Å². The molecule has 0 spiro atoms. The summed E-state index contributed by atoms with van der Waals surface area (Å²) in [6.45, 7) is 7.44. The minimum atomic E-state index is -1.74. The van der Waals surface area contributed by atoms with E-state index in [1.165, 1.54) is 52.9 Å². The van der Waals surface area contributed by atoms with E-state index in [9.17, 15) is 14.4 Å². The molecule has 0 N–H and O–H groups in total. The second kappa shape index (κ2) is 22.3. The van der Waals surface area contributed by atoms with Gasteiger partial charge in [-0.1, -0.05) is 63.0 Å². The summed E-state index contributed by atoms with van der Waals surface area (Å²) in [4.78, 5) is 36.4. The maximum atomic E-state index is 12.3. The number of hydrogen-bond donors (Lipinski definition) is 0. The Morgan fingerprint density at radius 3 is 2.08 bits per heavy atom. The van der Waals surface area contributed by atoms with E-state index >= 15 is 0 Å². The molecule has 3 unspecified atom stereocenters. The average Bonchev–Trinajstić information content (AvgIpc) is 3.40. The molecule has 10 nitrogen and oxygen atoms in total. The van der Waals surface area contributed by atoms with Crippen LogP contribution in [0.4, 0.5) is 0 Å². The highest BCUT2D eigenvalue weighted by Crippen LogP contribution is 2.39. The minimum Gasteiger partial charge on any atom is -0.462 e. The van der Waals surface area contributed by atoms with Gasteiger partial charge in [-0.15, -0.1) is 0 Å². The first-order valence-electron chi connectivity index (χ1n) is 18.5. The van der Waals surface area contributed by atoms with Gasteiger partial charge in [-0.25, -0.2) is 0 Å². The Balaban J connectivity index is 1.71. The molecule has 0 radical (unpaired) electrons. The van der Waals surface area contributed by atoms with Crippen molar-refractivity contribution in [2.24, 2.45) is 11.8 Å². The van der Waals surface area contributed by atoms with Crippen LogP contribution in [0.5, 0.6) is 0 Å². The van der Waals surface area contributed by atoms with Crippen LogP contribution in [0.25, 0.3) is 0 Å². The normalized spacial score (nSPS) is 26.2. The number of rotatable bonds is 19. The van der Waals surface area contributed by atoms with Gasteiger partial charge in [0.2, 0.25) is 0 Å². The van der Waals surface area contributed by atoms with Gasteiger partial charge < -0.3 is 23.7 Å². The summed E-state index contributed by atoms with van der Waals surface area (Å²) < 4.78 is 41.2. The van der Waals surface area contributed by atoms with Crippen LogP contribution in [0.1, 0.15) is 143 Å². The van der Waals surface area contributed by atoms with Crippen LogP contribution in [0.15, 0.2) is 12.2 Å². The zero-order valence-electron chi connectivity index (χ0n) is 29.8. The van der Waals surface area contributed by atoms with E-state index in [1.807, 2.05) is 0 Å². The van der Waals surface area contributed by atoms with Gasteiger partial charge in [0.25, 0.3) is 0 Å². The molecular formula is C38H60O10. The Morgan fingerprint density at radius 1 is 0.833 bits per heavy atom. The van der Waals surface area contributed by atoms with Crippen molar-refractivity contribution < 1.29 is 47.5 Å². The third-order valence-corrected chi connectivity index (χ3v) is 9.05. The Labute approximate surface area is 288 Å². The second-order valence-electron chi connectivity index (χ2n) is 13.3. The molecule has 6 atom stereocenters. The Hall–Kier alpha value is -2.45. The Morgan fingerprint density at radius 2 is 1.50 bits per heavy atom. The summed E-state index contributed by atoms with van der Waals surface area (Å²) in [6.07, 6.45) is 18.3. The van der Waals surface area contributed by atoms with Crippen molar-refractivity contribution in [1.82, 2.24) is 0 Å². The smallest absolute Gasteiger partial charge is 0.334 e. The molecule has 0 aromatic heterocycles. The molecule has 0 bridgehead atoms. The number of carbonyl (C=O) groups is 3. The van der Waals surface area contributed by atoms with Gasteiger partial charge in [-0.2, -0.15) is 0 Å². The van der Waals surface area contributed by atoms with Crippen LogP contribution in [0, 0.1) is 23.7 Å². The fourth-order valence-corrected chi connectivity index (χ4v) is 6.76. The Kier molecular flexibility index (Phi) is 18.6. The molecule has 2 saturated heterocycles. The summed E-state index contributed by atoms with van der Waals surface area (Å²) >= 11 is 0. The first kappa shape index (κ1) is 40.0. The van der Waals surface area contributed by atoms with Crippen LogP contribution in [-0.2, 0) is 47.5 Å². The van der Waals surface area contributed by atoms with Crippen molar-refractivity contribution in [3.8, 4) is 11.8 Å². The number of carbonyl (C=O) groups excluding carboxylic acids is 3. The van der Waals surface area contributed by atoms with Gasteiger partial charge in [-0.05, 0) is 70.1 Å². The molecule has 3 aliphatic rings. The zero-order valence-corrected chi connectivity index (χ0v) is 29.8. The van der Waals surface area contributed by atoms with Gasteiger partial charge in [-0.3, -0.25) is 23.9 Å². The third kappa shape index (κ3) is 15.4. The molecule has 3 rings (SSSR count). The highest BCUT2D eigenvalue weighted by atomic mass is 16.9. The number of hydrogen-bond acceptors (Lipinski definition) is 10. The van der Waals surface area contributed by atoms with Crippen molar-refractivity contribution in [2.45, 2.75) is 174 Å². The van der Waals surface area contributed by atoms with Crippen molar-refractivity contribution >= 4 is 17.9 Å². The molecule has 2 aliphatic heterocycles. The van der Waals surface area contributed by atoms with E-state index in [-0.39, 0.29) is 36.8 Å². The standard InChI is InChI=1S/C38H60O10/c1-5-6-7-8-9-10-11-12-19-32-23-24-35(45-30(3)40)34(32)28-33(44-29(2)39)20-13-16-25-38(46-31(4)41,47-36-21-14-17-26-42-36)48-37-22-15-18-27-43-37/h12,19,32-37H,5-11,14-18,21-28H2,1-4H3/t32-,33?,34+,35-,36?,37?,38?/m0/s1. The van der Waals surface area contributed by atoms with Crippen LogP contribution >= 0.6 is 0 Å². The first-order valence-corrected chi connectivity index (χ1v) is 18.5. The molecule has 10 heteroatoms. The number of unbranched alkanes of at least 4 members (excludes halogenated alkanes) is 6. The van der Waals surface area contributed by atoms with Gasteiger partial charge in [0.05, 0.1) is 6.42 Å². The summed E-state index contributed by atoms with van der Waals surface area (Å²) in [5.74, 6) is 3.38. The molecule has 48 heavy (non-hydrogen) atoms. The van der Waals surface area contributed by atoms with Crippen molar-refractivity contribution in [1.29, 1.82) is 0 Å². The van der Waals surface area contributed by atoms with Gasteiger partial charge in [0.1, 0.15) is 6.10 Å². The van der Waals surface area contributed by atoms with Crippen molar-refractivity contribution in [3.63, 3.8) is 0 Å². The van der Waals surface area contributed by atoms with E-state index in [0.29, 0.717) is 32.5 Å². The topological polar surface area (TPSA) is 116 Å². The second-order valence-corrected chi connectivity index (χ2v) is 13.3. The lowest BCUT2D eigenvalue weighted by Gasteiger charge is -2.39. The van der Waals surface area contributed by atoms with Crippen LogP contribution in [0.2, 0.25) is 0 Å². The molecule has 1 aliphatic carbocycles. The lowest BCUT2D eigenvalue weighted by molar-refractivity contribution is -0.440. The highest BCUT2D eigenvalue weighted by molar-refractivity contribution is 5.67. The Bertz CT molecular complexity index is 1030. The molecular weight excluding hydrogens is 616 g/mol. The molecule has 0 aromatic rings. The van der Waals surface area contributed by atoms with Crippen LogP contribution in [0.3, 0.4) is 0 Å². The quantitative estimate of drug-likeness (QED) is 0.0337. The zero-order chi connectivity index (χ0) is 34.6. The van der Waals surface area contributed by atoms with E-state index in [1.54, 1.807) is 0 Å². The molecule has 0 amide bonds. The summed E-state index contributed by atoms with van der Waals surface area (Å²) in [5.41, 5.74) is 0. The monoisotopic (exact) mass is 676 g/mol. The van der Waals surface area contributed by atoms with E-state index in [2.05, 4.69) is 30.9 Å². The SMILES string of the molecule is CCCCCCCCC=C[C@H]1CC[C@H](OC(C)=O)[C@@H]1CC(C#CCCC(OC(C)=O)(OC1CCCCO1)OC1CCCCO1)OC(C)=O. The highest BCUT2D eigenvalue weighted by Gasteiger charge is 2.43. The molecule has 1 saturated carbocycles. The fraction of sp³-hybridized carbons (Fsp3) is 0.816. The first-order chi connectivity index (χ1) is 23.2. The molecule has 3 fully saturated rings. The third-order valence-electron chi connectivity index (χ3n) is 9.05. The van der Waals surface area contributed by atoms with Crippen LogP contribution in [-0.4, -0.2) is 61.9 Å². The molecule has 272 valence electrons. The fourth-order valence-electron chi connectivity index (χ4n) is 6.76. The van der Waals surface area contributed by atoms with Gasteiger partial charge in [0.15, 0.2) is 18.7 Å². The minimum absolute atomic E-state index is 0.0351. The summed E-state index contributed by atoms with van der Waals surface area (Å²) in [7, 11) is 0. The summed E-state index contributed by atoms with van der Waals surface area (Å²) in [6, 6.07) is 0. The predicted octanol–water partition coefficient (Wildman–Crippen LogP) is 7.66. The van der Waals surface area contributed by atoms with Crippen LogP contribution < -0.4 is 0 Å². The van der Waals surface area contributed by atoms with E-state index in [4.69, 9.17) is 33.2 Å². The average molecular weight is 677 g/mol. The maximum absolute atomic E-state index is 12.3. The summed E-state index contributed by atoms with van der Waals surface area (Å²) in [5, 5.41) is 0. The lowest BCUT2D eigenvalue weighted by atomic mass is 9.88. The van der Waals surface area contributed by atoms with Gasteiger partial charge in [0, 0.05) is 52.7 Å². The van der Waals surface area contributed by atoms with Crippen molar-refractivity contribution in [3.05, 3.63) is 12.2 Å². The largest absolute Gasteiger partial charge is 0.462 e.